The number of hydrogen-bond donors (Lipinski definition) is 1. The number of nitrogens with zero attached hydrogens (tertiary/aromatic N) is 2. The van der Waals surface area contributed by atoms with E-state index >= 15 is 0 Å². The molecule has 1 amide bonds. The van der Waals surface area contributed by atoms with Gasteiger partial charge in [0.05, 0.1) is 17.0 Å². The van der Waals surface area contributed by atoms with Crippen LogP contribution in [0.2, 0.25) is 5.02 Å². The zero-order chi connectivity index (χ0) is 23.3. The third-order valence-corrected chi connectivity index (χ3v) is 7.13. The number of aromatic nitrogens is 1. The monoisotopic (exact) mass is 457 g/mol. The highest BCUT2D eigenvalue weighted by Crippen LogP contribution is 2.41. The fraction of sp³-hybridized carbons (Fsp3) is 0.321. The molecule has 0 spiro atoms. The van der Waals surface area contributed by atoms with Crippen LogP contribution in [-0.2, 0) is 16.6 Å². The highest BCUT2D eigenvalue weighted by Gasteiger charge is 2.43. The van der Waals surface area contributed by atoms with Gasteiger partial charge in [-0.25, -0.2) is 0 Å². The van der Waals surface area contributed by atoms with Crippen LogP contribution in [0.3, 0.4) is 0 Å². The Morgan fingerprint density at radius 2 is 1.91 bits per heavy atom. The second-order valence-corrected chi connectivity index (χ2v) is 9.40. The van der Waals surface area contributed by atoms with Crippen molar-refractivity contribution in [2.24, 2.45) is 0 Å². The second-order valence-electron chi connectivity index (χ2n) is 8.97. The van der Waals surface area contributed by atoms with E-state index in [0.717, 1.165) is 48.8 Å². The molecule has 1 N–H and O–H groups in total. The number of rotatable bonds is 7. The largest absolute Gasteiger partial charge is 0.352 e. The van der Waals surface area contributed by atoms with E-state index in [1.54, 1.807) is 6.20 Å². The first-order valence-electron chi connectivity index (χ1n) is 11.5. The molecule has 0 aliphatic heterocycles. The average Bonchev–Trinajstić information content (AvgIpc) is 3.35. The van der Waals surface area contributed by atoms with Crippen molar-refractivity contribution in [2.45, 2.75) is 56.4 Å². The maximum absolute atomic E-state index is 13.7. The Kier molecular flexibility index (Phi) is 7.11. The predicted molar refractivity (Wildman–Crippen MR) is 131 cm³/mol. The van der Waals surface area contributed by atoms with E-state index in [1.165, 1.54) is 0 Å². The van der Waals surface area contributed by atoms with Gasteiger partial charge in [0.25, 0.3) is 0 Å². The van der Waals surface area contributed by atoms with E-state index in [0.29, 0.717) is 10.6 Å². The van der Waals surface area contributed by atoms with Gasteiger partial charge in [-0.05, 0) is 73.2 Å². The van der Waals surface area contributed by atoms with Gasteiger partial charge in [0.1, 0.15) is 0 Å². The zero-order valence-electron chi connectivity index (χ0n) is 18.8. The van der Waals surface area contributed by atoms with Crippen LogP contribution in [0, 0.1) is 11.3 Å². The number of benzene rings is 2. The molecule has 5 heteroatoms. The lowest BCUT2D eigenvalue weighted by Gasteiger charge is -2.32. The first kappa shape index (κ1) is 23.0. The van der Waals surface area contributed by atoms with Crippen molar-refractivity contribution in [1.82, 2.24) is 10.3 Å². The normalized spacial score (nSPS) is 16.5. The molecule has 1 heterocycles. The predicted octanol–water partition coefficient (Wildman–Crippen LogP) is 5.95. The molecule has 3 aromatic rings. The lowest BCUT2D eigenvalue weighted by Crippen LogP contribution is -2.48. The molecule has 168 valence electrons. The van der Waals surface area contributed by atoms with Gasteiger partial charge in [0.15, 0.2) is 0 Å². The first-order chi connectivity index (χ1) is 16.0. The van der Waals surface area contributed by atoms with Crippen LogP contribution in [0.5, 0.6) is 0 Å². The van der Waals surface area contributed by atoms with Crippen LogP contribution in [0.25, 0.3) is 0 Å². The molecule has 4 rings (SSSR count). The van der Waals surface area contributed by atoms with E-state index < -0.39 is 5.41 Å². The van der Waals surface area contributed by atoms with E-state index in [2.05, 4.69) is 23.3 Å². The smallest absolute Gasteiger partial charge is 0.230 e. The maximum atomic E-state index is 13.7. The maximum Gasteiger partial charge on any atom is 0.230 e. The van der Waals surface area contributed by atoms with E-state index in [4.69, 9.17) is 11.6 Å². The van der Waals surface area contributed by atoms with Gasteiger partial charge in [0.2, 0.25) is 5.91 Å². The van der Waals surface area contributed by atoms with Crippen molar-refractivity contribution in [2.75, 3.05) is 0 Å². The highest BCUT2D eigenvalue weighted by atomic mass is 35.5. The van der Waals surface area contributed by atoms with Gasteiger partial charge in [-0.2, -0.15) is 5.26 Å². The fourth-order valence-electron chi connectivity index (χ4n) is 5.01. The minimum absolute atomic E-state index is 0.00998. The van der Waals surface area contributed by atoms with Crippen molar-refractivity contribution in [1.29, 1.82) is 5.26 Å². The van der Waals surface area contributed by atoms with Crippen molar-refractivity contribution in [3.63, 3.8) is 0 Å². The Bertz CT molecular complexity index is 1130. The van der Waals surface area contributed by atoms with Gasteiger partial charge < -0.3 is 5.32 Å². The van der Waals surface area contributed by atoms with Gasteiger partial charge in [-0.3, -0.25) is 9.78 Å². The summed E-state index contributed by atoms with van der Waals surface area (Å²) in [4.78, 5) is 18.0. The SMILES string of the molecule is CC(NC(=O)C1(c2cccnc2)CCCC1)[C@@H](Cc1ccc(Cl)cc1)c1cccc(C#N)c1. The van der Waals surface area contributed by atoms with Gasteiger partial charge in [-0.15, -0.1) is 0 Å². The lowest BCUT2D eigenvalue weighted by molar-refractivity contribution is -0.127. The molecule has 0 radical (unpaired) electrons. The third-order valence-electron chi connectivity index (χ3n) is 6.88. The Balaban J connectivity index is 1.62. The number of halogens is 1. The number of pyridine rings is 1. The molecule has 1 unspecified atom stereocenters. The molecule has 1 fully saturated rings. The van der Waals surface area contributed by atoms with E-state index in [9.17, 15) is 10.1 Å². The Hall–Kier alpha value is -3.16. The standard InChI is InChI=1S/C28H28ClN3O/c1-20(32-27(33)28(13-2-3-14-28)24-8-5-15-31-19-24)26(17-21-9-11-25(29)12-10-21)23-7-4-6-22(16-23)18-30/h4-12,15-16,19-20,26H,2-3,13-14,17H2,1H3,(H,32,33)/t20?,26-/m1/s1. The molecule has 1 aliphatic carbocycles. The summed E-state index contributed by atoms with van der Waals surface area (Å²) in [6, 6.07) is 21.5. The quantitative estimate of drug-likeness (QED) is 0.476. The van der Waals surface area contributed by atoms with Crippen LogP contribution >= 0.6 is 11.6 Å². The molecule has 1 aromatic heterocycles. The van der Waals surface area contributed by atoms with Crippen LogP contribution < -0.4 is 5.32 Å². The van der Waals surface area contributed by atoms with Crippen LogP contribution in [0.1, 0.15) is 60.8 Å². The Morgan fingerprint density at radius 1 is 1.15 bits per heavy atom. The molecule has 0 saturated heterocycles. The lowest BCUT2D eigenvalue weighted by atomic mass is 9.78. The van der Waals surface area contributed by atoms with Crippen molar-refractivity contribution in [3.05, 3.63) is 100 Å². The van der Waals surface area contributed by atoms with Crippen LogP contribution in [-0.4, -0.2) is 16.9 Å². The summed E-state index contributed by atoms with van der Waals surface area (Å²) >= 11 is 6.08. The number of nitriles is 1. The number of nitrogens with one attached hydrogen (secondary N) is 1. The van der Waals surface area contributed by atoms with Gasteiger partial charge in [-0.1, -0.05) is 54.8 Å². The molecule has 1 aliphatic rings. The summed E-state index contributed by atoms with van der Waals surface area (Å²) in [6.45, 7) is 2.06. The molecule has 0 bridgehead atoms. The van der Waals surface area contributed by atoms with E-state index in [-0.39, 0.29) is 17.9 Å². The summed E-state index contributed by atoms with van der Waals surface area (Å²) in [7, 11) is 0. The summed E-state index contributed by atoms with van der Waals surface area (Å²) in [5, 5.41) is 13.5. The molecular weight excluding hydrogens is 430 g/mol. The zero-order valence-corrected chi connectivity index (χ0v) is 19.6. The summed E-state index contributed by atoms with van der Waals surface area (Å²) in [5.41, 5.74) is 3.26. The summed E-state index contributed by atoms with van der Waals surface area (Å²) in [5.74, 6) is 0.0776. The summed E-state index contributed by atoms with van der Waals surface area (Å²) in [6.07, 6.45) is 8.05. The first-order valence-corrected chi connectivity index (χ1v) is 11.9. The Labute approximate surface area is 200 Å². The van der Waals surface area contributed by atoms with Crippen molar-refractivity contribution in [3.8, 4) is 6.07 Å². The molecule has 2 aromatic carbocycles. The topological polar surface area (TPSA) is 65.8 Å². The molecular formula is C28H28ClN3O. The summed E-state index contributed by atoms with van der Waals surface area (Å²) < 4.78 is 0. The molecule has 1 saturated carbocycles. The minimum Gasteiger partial charge on any atom is -0.352 e. The number of amides is 1. The number of carbonyl (C=O) groups is 1. The Morgan fingerprint density at radius 3 is 2.58 bits per heavy atom. The average molecular weight is 458 g/mol. The fourth-order valence-corrected chi connectivity index (χ4v) is 5.14. The van der Waals surface area contributed by atoms with Gasteiger partial charge in [0, 0.05) is 29.4 Å². The number of carbonyl (C=O) groups excluding carboxylic acids is 1. The van der Waals surface area contributed by atoms with E-state index in [1.807, 2.05) is 66.9 Å². The molecule has 33 heavy (non-hydrogen) atoms. The minimum atomic E-state index is -0.526. The molecule has 4 nitrogen and oxygen atoms in total. The second kappa shape index (κ2) is 10.2. The third kappa shape index (κ3) is 5.10. The van der Waals surface area contributed by atoms with Crippen LogP contribution in [0.4, 0.5) is 0 Å². The van der Waals surface area contributed by atoms with Crippen LogP contribution in [0.15, 0.2) is 73.1 Å². The van der Waals surface area contributed by atoms with Crippen molar-refractivity contribution < 1.29 is 4.79 Å². The van der Waals surface area contributed by atoms with Crippen molar-refractivity contribution >= 4 is 17.5 Å². The van der Waals surface area contributed by atoms with Gasteiger partial charge >= 0.3 is 0 Å². The molecule has 2 atom stereocenters. The highest BCUT2D eigenvalue weighted by molar-refractivity contribution is 6.30. The number of hydrogen-bond acceptors (Lipinski definition) is 3.